The molecule has 1 rings (SSSR count). The lowest BCUT2D eigenvalue weighted by atomic mass is 10.3. The van der Waals surface area contributed by atoms with Crippen molar-refractivity contribution in [3.8, 4) is 11.5 Å². The number of benzene rings is 1. The summed E-state index contributed by atoms with van der Waals surface area (Å²) in [5.74, 6) is 0.458. The van der Waals surface area contributed by atoms with Gasteiger partial charge in [-0.3, -0.25) is 0 Å². The standard InChI is InChI=1S/C7H6BrO2/c1-10-7-3-2-5(8)4-6(7)9/h2-3,9H,1H3. The number of halogens is 1. The minimum atomic E-state index is 0.0249. The van der Waals surface area contributed by atoms with E-state index in [9.17, 15) is 0 Å². The molecule has 1 N–H and O–H groups in total. The molecule has 0 unspecified atom stereocenters. The molecule has 0 aromatic heterocycles. The summed E-state index contributed by atoms with van der Waals surface area (Å²) in [5.41, 5.74) is 0. The van der Waals surface area contributed by atoms with Crippen molar-refractivity contribution in [1.29, 1.82) is 0 Å². The second-order valence-electron chi connectivity index (χ2n) is 1.72. The monoisotopic (exact) mass is 201 g/mol. The molecule has 0 fully saturated rings. The van der Waals surface area contributed by atoms with Crippen molar-refractivity contribution >= 4 is 15.9 Å². The fourth-order valence-electron chi connectivity index (χ4n) is 0.609. The smallest absolute Gasteiger partial charge is 0.166 e. The van der Waals surface area contributed by atoms with E-state index in [0.29, 0.717) is 10.2 Å². The minimum absolute atomic E-state index is 0.0249. The van der Waals surface area contributed by atoms with Crippen LogP contribution < -0.4 is 4.74 Å². The Kier molecular flexibility index (Phi) is 2.17. The first-order valence-corrected chi connectivity index (χ1v) is 3.48. The lowest BCUT2D eigenvalue weighted by Gasteiger charge is -2.00. The van der Waals surface area contributed by atoms with E-state index in [1.165, 1.54) is 7.11 Å². The summed E-state index contributed by atoms with van der Waals surface area (Å²) in [4.78, 5) is 0. The Balaban J connectivity index is 3.07. The summed E-state index contributed by atoms with van der Waals surface area (Å²) in [6.45, 7) is 0. The van der Waals surface area contributed by atoms with Gasteiger partial charge in [-0.1, -0.05) is 15.9 Å². The molecule has 0 amide bonds. The quantitative estimate of drug-likeness (QED) is 0.754. The molecule has 3 heteroatoms. The SMILES string of the molecule is COc1ccc(Br)[c]c1O. The molecule has 2 nitrogen and oxygen atoms in total. The van der Waals surface area contributed by atoms with E-state index in [4.69, 9.17) is 9.84 Å². The molecule has 0 spiro atoms. The van der Waals surface area contributed by atoms with E-state index in [1.54, 1.807) is 12.1 Å². The summed E-state index contributed by atoms with van der Waals surface area (Å²) in [7, 11) is 1.50. The van der Waals surface area contributed by atoms with E-state index in [-0.39, 0.29) is 5.75 Å². The molecular weight excluding hydrogens is 196 g/mol. The molecule has 0 aliphatic heterocycles. The Morgan fingerprint density at radius 1 is 1.60 bits per heavy atom. The van der Waals surface area contributed by atoms with Crippen molar-refractivity contribution in [2.75, 3.05) is 7.11 Å². The Bertz CT molecular complexity index is 235. The fourth-order valence-corrected chi connectivity index (χ4v) is 0.929. The van der Waals surface area contributed by atoms with Crippen LogP contribution in [0.3, 0.4) is 0 Å². The number of hydrogen-bond acceptors (Lipinski definition) is 2. The minimum Gasteiger partial charge on any atom is -0.504 e. The highest BCUT2D eigenvalue weighted by molar-refractivity contribution is 9.10. The maximum atomic E-state index is 9.08. The number of phenolic OH excluding ortho intramolecular Hbond substituents is 1. The largest absolute Gasteiger partial charge is 0.504 e. The lowest BCUT2D eigenvalue weighted by molar-refractivity contribution is 0.372. The highest BCUT2D eigenvalue weighted by Crippen LogP contribution is 2.27. The van der Waals surface area contributed by atoms with Gasteiger partial charge in [0.15, 0.2) is 11.5 Å². The molecule has 1 aromatic carbocycles. The summed E-state index contributed by atoms with van der Waals surface area (Å²) < 4.78 is 5.51. The van der Waals surface area contributed by atoms with Gasteiger partial charge in [0.05, 0.1) is 7.11 Å². The zero-order valence-electron chi connectivity index (χ0n) is 5.39. The average molecular weight is 202 g/mol. The molecule has 0 aliphatic rings. The van der Waals surface area contributed by atoms with Gasteiger partial charge >= 0.3 is 0 Å². The van der Waals surface area contributed by atoms with E-state index in [0.717, 1.165) is 0 Å². The van der Waals surface area contributed by atoms with Gasteiger partial charge in [-0.05, 0) is 12.1 Å². The lowest BCUT2D eigenvalue weighted by Crippen LogP contribution is -1.82. The van der Waals surface area contributed by atoms with Gasteiger partial charge < -0.3 is 9.84 Å². The van der Waals surface area contributed by atoms with Crippen LogP contribution in [0.5, 0.6) is 11.5 Å². The second kappa shape index (κ2) is 2.92. The Morgan fingerprint density at radius 2 is 2.30 bits per heavy atom. The molecule has 0 heterocycles. The number of aromatic hydroxyl groups is 1. The van der Waals surface area contributed by atoms with Crippen LogP contribution in [0, 0.1) is 6.07 Å². The zero-order chi connectivity index (χ0) is 7.56. The van der Waals surface area contributed by atoms with Crippen molar-refractivity contribution in [2.24, 2.45) is 0 Å². The number of ether oxygens (including phenoxy) is 1. The fraction of sp³-hybridized carbons (Fsp3) is 0.143. The first-order chi connectivity index (χ1) is 4.74. The third-order valence-corrected chi connectivity index (χ3v) is 1.53. The first-order valence-electron chi connectivity index (χ1n) is 2.69. The Hall–Kier alpha value is -0.700. The maximum Gasteiger partial charge on any atom is 0.166 e. The maximum absolute atomic E-state index is 9.08. The van der Waals surface area contributed by atoms with Crippen LogP contribution in [0.15, 0.2) is 16.6 Å². The molecule has 10 heavy (non-hydrogen) atoms. The number of rotatable bonds is 1. The van der Waals surface area contributed by atoms with Crippen LogP contribution in [0.4, 0.5) is 0 Å². The number of methoxy groups -OCH3 is 1. The molecule has 0 aliphatic carbocycles. The van der Waals surface area contributed by atoms with Crippen molar-refractivity contribution in [3.05, 3.63) is 22.7 Å². The predicted octanol–water partition coefficient (Wildman–Crippen LogP) is 1.96. The van der Waals surface area contributed by atoms with Gasteiger partial charge in [-0.15, -0.1) is 0 Å². The predicted molar refractivity (Wildman–Crippen MR) is 41.2 cm³/mol. The van der Waals surface area contributed by atoms with E-state index in [1.807, 2.05) is 0 Å². The highest BCUT2D eigenvalue weighted by atomic mass is 79.9. The van der Waals surface area contributed by atoms with Crippen molar-refractivity contribution in [2.45, 2.75) is 0 Å². The summed E-state index contributed by atoms with van der Waals surface area (Å²) in [5, 5.41) is 9.08. The second-order valence-corrected chi connectivity index (χ2v) is 2.58. The molecular formula is C7H6BrO2. The number of phenols is 1. The third-order valence-electron chi connectivity index (χ3n) is 1.07. The molecule has 0 bridgehead atoms. The molecule has 0 atom stereocenters. The van der Waals surface area contributed by atoms with Gasteiger partial charge in [-0.25, -0.2) is 0 Å². The van der Waals surface area contributed by atoms with Crippen LogP contribution in [-0.4, -0.2) is 12.2 Å². The van der Waals surface area contributed by atoms with Crippen LogP contribution in [0.25, 0.3) is 0 Å². The average Bonchev–Trinajstić information content (AvgIpc) is 1.88. The van der Waals surface area contributed by atoms with Gasteiger partial charge in [-0.2, -0.15) is 0 Å². The van der Waals surface area contributed by atoms with E-state index in [2.05, 4.69) is 22.0 Å². The Labute approximate surface area is 67.6 Å². The third kappa shape index (κ3) is 1.42. The molecule has 1 radical (unpaired) electrons. The zero-order valence-corrected chi connectivity index (χ0v) is 6.97. The summed E-state index contributed by atoms with van der Waals surface area (Å²) in [6.07, 6.45) is 0. The van der Waals surface area contributed by atoms with E-state index < -0.39 is 0 Å². The van der Waals surface area contributed by atoms with Gasteiger partial charge in [0.2, 0.25) is 0 Å². The van der Waals surface area contributed by atoms with Gasteiger partial charge in [0.25, 0.3) is 0 Å². The van der Waals surface area contributed by atoms with Crippen LogP contribution >= 0.6 is 15.9 Å². The van der Waals surface area contributed by atoms with Gasteiger partial charge in [0, 0.05) is 10.5 Å². The van der Waals surface area contributed by atoms with Crippen molar-refractivity contribution in [1.82, 2.24) is 0 Å². The molecule has 0 saturated heterocycles. The molecule has 1 aromatic rings. The summed E-state index contributed by atoms with van der Waals surface area (Å²) >= 11 is 3.15. The van der Waals surface area contributed by atoms with Crippen molar-refractivity contribution < 1.29 is 9.84 Å². The molecule has 0 saturated carbocycles. The van der Waals surface area contributed by atoms with Crippen LogP contribution in [0.2, 0.25) is 0 Å². The first kappa shape index (κ1) is 7.41. The van der Waals surface area contributed by atoms with Crippen LogP contribution in [-0.2, 0) is 0 Å². The van der Waals surface area contributed by atoms with Crippen LogP contribution in [0.1, 0.15) is 0 Å². The topological polar surface area (TPSA) is 29.5 Å². The Morgan fingerprint density at radius 3 is 2.80 bits per heavy atom. The molecule has 53 valence electrons. The number of hydrogen-bond donors (Lipinski definition) is 1. The van der Waals surface area contributed by atoms with E-state index >= 15 is 0 Å². The normalized spacial score (nSPS) is 9.40. The summed E-state index contributed by atoms with van der Waals surface area (Å²) in [6, 6.07) is 6.05. The van der Waals surface area contributed by atoms with Crippen molar-refractivity contribution in [3.63, 3.8) is 0 Å². The van der Waals surface area contributed by atoms with Gasteiger partial charge in [0.1, 0.15) is 0 Å². The highest BCUT2D eigenvalue weighted by Gasteiger charge is 1.99.